The zero-order chi connectivity index (χ0) is 13.5. The molecule has 1 amide bonds. The first kappa shape index (κ1) is 15.0. The van der Waals surface area contributed by atoms with Crippen molar-refractivity contribution in [2.75, 3.05) is 13.1 Å². The van der Waals surface area contributed by atoms with Crippen LogP contribution in [0, 0.1) is 11.8 Å². The van der Waals surface area contributed by atoms with Crippen molar-refractivity contribution in [1.82, 2.24) is 4.90 Å². The predicted octanol–water partition coefficient (Wildman–Crippen LogP) is 2.53. The Hall–Kier alpha value is -1.06. The van der Waals surface area contributed by atoms with Crippen molar-refractivity contribution in [3.63, 3.8) is 0 Å². The van der Waals surface area contributed by atoms with Crippen molar-refractivity contribution in [1.29, 1.82) is 0 Å². The summed E-state index contributed by atoms with van der Waals surface area (Å²) in [6, 6.07) is 0. The Morgan fingerprint density at radius 3 is 2.67 bits per heavy atom. The molecule has 0 aromatic heterocycles. The van der Waals surface area contributed by atoms with Crippen molar-refractivity contribution >= 4 is 11.9 Å². The number of likely N-dealkylation sites (tertiary alicyclic amines) is 1. The molecule has 1 N–H and O–H groups in total. The van der Waals surface area contributed by atoms with Gasteiger partial charge in [0.2, 0.25) is 5.91 Å². The van der Waals surface area contributed by atoms with Gasteiger partial charge in [0.1, 0.15) is 0 Å². The molecule has 1 aliphatic heterocycles. The van der Waals surface area contributed by atoms with Crippen LogP contribution in [0.15, 0.2) is 0 Å². The third kappa shape index (κ3) is 5.52. The van der Waals surface area contributed by atoms with Gasteiger partial charge in [-0.05, 0) is 31.1 Å². The summed E-state index contributed by atoms with van der Waals surface area (Å²) in [6.07, 6.45) is 4.80. The summed E-state index contributed by atoms with van der Waals surface area (Å²) in [5.41, 5.74) is 0. The van der Waals surface area contributed by atoms with Crippen molar-refractivity contribution in [3.8, 4) is 0 Å². The lowest BCUT2D eigenvalue weighted by Crippen LogP contribution is -2.36. The quantitative estimate of drug-likeness (QED) is 0.793. The van der Waals surface area contributed by atoms with Gasteiger partial charge < -0.3 is 10.0 Å². The molecule has 0 aromatic rings. The number of carboxylic acid groups (broad SMARTS) is 1. The van der Waals surface area contributed by atoms with Gasteiger partial charge in [-0.3, -0.25) is 9.59 Å². The fourth-order valence-electron chi connectivity index (χ4n) is 2.68. The smallest absolute Gasteiger partial charge is 0.303 e. The minimum absolute atomic E-state index is 0.0875. The molecule has 0 radical (unpaired) electrons. The number of hydrogen-bond acceptors (Lipinski definition) is 2. The lowest BCUT2D eigenvalue weighted by molar-refractivity contribution is -0.139. The van der Waals surface area contributed by atoms with Gasteiger partial charge in [0.15, 0.2) is 0 Å². The molecule has 1 atom stereocenters. The summed E-state index contributed by atoms with van der Waals surface area (Å²) in [4.78, 5) is 24.7. The normalized spacial score (nSPS) is 18.8. The summed E-state index contributed by atoms with van der Waals surface area (Å²) in [7, 11) is 0. The molecule has 0 aliphatic carbocycles. The van der Waals surface area contributed by atoms with E-state index in [2.05, 4.69) is 13.8 Å². The minimum Gasteiger partial charge on any atom is -0.481 e. The molecule has 0 aromatic carbocycles. The molecule has 4 nitrogen and oxygen atoms in total. The average molecular weight is 255 g/mol. The van der Waals surface area contributed by atoms with E-state index in [1.807, 2.05) is 4.90 Å². The SMILES string of the molecule is CC(C)CC(CC(=O)O)CN1CCCCCC1=O. The van der Waals surface area contributed by atoms with Gasteiger partial charge in [0, 0.05) is 25.9 Å². The monoisotopic (exact) mass is 255 g/mol. The maximum atomic E-state index is 11.9. The highest BCUT2D eigenvalue weighted by molar-refractivity contribution is 5.76. The zero-order valence-electron chi connectivity index (χ0n) is 11.5. The number of aliphatic carboxylic acids is 1. The Labute approximate surface area is 109 Å². The van der Waals surface area contributed by atoms with Crippen molar-refractivity contribution in [2.24, 2.45) is 11.8 Å². The van der Waals surface area contributed by atoms with Crippen LogP contribution >= 0.6 is 0 Å². The number of carbonyl (C=O) groups is 2. The second-order valence-electron chi connectivity index (χ2n) is 5.74. The van der Waals surface area contributed by atoms with Gasteiger partial charge in [-0.15, -0.1) is 0 Å². The van der Waals surface area contributed by atoms with Crippen LogP contribution in [0.5, 0.6) is 0 Å². The summed E-state index contributed by atoms with van der Waals surface area (Å²) < 4.78 is 0. The van der Waals surface area contributed by atoms with Crippen molar-refractivity contribution in [2.45, 2.75) is 52.4 Å². The van der Waals surface area contributed by atoms with E-state index in [-0.39, 0.29) is 18.2 Å². The van der Waals surface area contributed by atoms with Gasteiger partial charge in [-0.2, -0.15) is 0 Å². The Balaban J connectivity index is 2.56. The number of rotatable bonds is 6. The Morgan fingerprint density at radius 1 is 1.33 bits per heavy atom. The largest absolute Gasteiger partial charge is 0.481 e. The lowest BCUT2D eigenvalue weighted by atomic mass is 9.93. The van der Waals surface area contributed by atoms with Crippen LogP contribution < -0.4 is 0 Å². The van der Waals surface area contributed by atoms with E-state index < -0.39 is 5.97 Å². The fourth-order valence-corrected chi connectivity index (χ4v) is 2.68. The van der Waals surface area contributed by atoms with E-state index in [0.29, 0.717) is 18.9 Å². The summed E-state index contributed by atoms with van der Waals surface area (Å²) in [5, 5.41) is 8.94. The number of carboxylic acids is 1. The van der Waals surface area contributed by atoms with Crippen LogP contribution in [0.25, 0.3) is 0 Å². The first-order valence-corrected chi connectivity index (χ1v) is 6.98. The Bertz CT molecular complexity index is 289. The van der Waals surface area contributed by atoms with Crippen molar-refractivity contribution < 1.29 is 14.7 Å². The molecule has 1 rings (SSSR count). The third-order valence-electron chi connectivity index (χ3n) is 3.42. The fraction of sp³-hybridized carbons (Fsp3) is 0.857. The van der Waals surface area contributed by atoms with E-state index >= 15 is 0 Å². The van der Waals surface area contributed by atoms with Gasteiger partial charge in [0.05, 0.1) is 0 Å². The Kier molecular flexibility index (Phi) is 6.16. The van der Waals surface area contributed by atoms with Crippen LogP contribution in [0.2, 0.25) is 0 Å². The molecule has 4 heteroatoms. The highest BCUT2D eigenvalue weighted by Gasteiger charge is 2.22. The molecule has 1 heterocycles. The number of amides is 1. The molecule has 1 aliphatic rings. The lowest BCUT2D eigenvalue weighted by Gasteiger charge is -2.26. The number of hydrogen-bond donors (Lipinski definition) is 1. The first-order valence-electron chi connectivity index (χ1n) is 6.98. The van der Waals surface area contributed by atoms with Crippen LogP contribution in [-0.4, -0.2) is 35.0 Å². The van der Waals surface area contributed by atoms with E-state index in [0.717, 1.165) is 32.2 Å². The second kappa shape index (κ2) is 7.39. The molecule has 1 saturated heterocycles. The molecule has 0 bridgehead atoms. The highest BCUT2D eigenvalue weighted by Crippen LogP contribution is 2.20. The molecule has 0 saturated carbocycles. The van der Waals surface area contributed by atoms with Gasteiger partial charge in [0.25, 0.3) is 0 Å². The molecule has 1 fully saturated rings. The van der Waals surface area contributed by atoms with E-state index in [4.69, 9.17) is 5.11 Å². The summed E-state index contributed by atoms with van der Waals surface area (Å²) >= 11 is 0. The summed E-state index contributed by atoms with van der Waals surface area (Å²) in [6.45, 7) is 5.61. The second-order valence-corrected chi connectivity index (χ2v) is 5.74. The standard InChI is InChI=1S/C14H25NO3/c1-11(2)8-12(9-14(17)18)10-15-7-5-3-4-6-13(15)16/h11-12H,3-10H2,1-2H3,(H,17,18). The van der Waals surface area contributed by atoms with Crippen LogP contribution in [0.4, 0.5) is 0 Å². The molecule has 104 valence electrons. The zero-order valence-corrected chi connectivity index (χ0v) is 11.5. The predicted molar refractivity (Wildman–Crippen MR) is 70.2 cm³/mol. The van der Waals surface area contributed by atoms with E-state index in [1.54, 1.807) is 0 Å². The molecule has 0 spiro atoms. The van der Waals surface area contributed by atoms with Crippen molar-refractivity contribution in [3.05, 3.63) is 0 Å². The first-order chi connectivity index (χ1) is 8.49. The van der Waals surface area contributed by atoms with Gasteiger partial charge >= 0.3 is 5.97 Å². The van der Waals surface area contributed by atoms with Gasteiger partial charge in [-0.1, -0.05) is 20.3 Å². The molecule has 1 unspecified atom stereocenters. The van der Waals surface area contributed by atoms with Crippen LogP contribution in [0.3, 0.4) is 0 Å². The number of carbonyl (C=O) groups excluding carboxylic acids is 1. The average Bonchev–Trinajstić information content (AvgIpc) is 2.42. The van der Waals surface area contributed by atoms with Gasteiger partial charge in [-0.25, -0.2) is 0 Å². The van der Waals surface area contributed by atoms with E-state index in [1.165, 1.54) is 0 Å². The minimum atomic E-state index is -0.761. The summed E-state index contributed by atoms with van der Waals surface area (Å²) in [5.74, 6) is -0.00412. The maximum absolute atomic E-state index is 11.9. The van der Waals surface area contributed by atoms with E-state index in [9.17, 15) is 9.59 Å². The number of nitrogens with zero attached hydrogens (tertiary/aromatic N) is 1. The van der Waals surface area contributed by atoms with Crippen LogP contribution in [-0.2, 0) is 9.59 Å². The van der Waals surface area contributed by atoms with Crippen LogP contribution in [0.1, 0.15) is 52.4 Å². The Morgan fingerprint density at radius 2 is 2.06 bits per heavy atom. The topological polar surface area (TPSA) is 57.6 Å². The highest BCUT2D eigenvalue weighted by atomic mass is 16.4. The maximum Gasteiger partial charge on any atom is 0.303 e. The molecular weight excluding hydrogens is 230 g/mol. The molecular formula is C14H25NO3. The molecule has 18 heavy (non-hydrogen) atoms. The third-order valence-corrected chi connectivity index (χ3v) is 3.42.